The topological polar surface area (TPSA) is 37.4 Å². The SMILES string of the molecule is Cc1cc(Br)c(N2C(=O)c3ccccc3C2=O)cc1Cl. The summed E-state index contributed by atoms with van der Waals surface area (Å²) in [7, 11) is 0. The smallest absolute Gasteiger partial charge is 0.266 e. The van der Waals surface area contributed by atoms with Gasteiger partial charge in [-0.15, -0.1) is 0 Å². The molecule has 5 heteroatoms. The Labute approximate surface area is 129 Å². The lowest BCUT2D eigenvalue weighted by molar-refractivity contribution is 0.0926. The van der Waals surface area contributed by atoms with Gasteiger partial charge in [0.2, 0.25) is 0 Å². The van der Waals surface area contributed by atoms with Crippen molar-refractivity contribution < 1.29 is 9.59 Å². The van der Waals surface area contributed by atoms with E-state index in [0.29, 0.717) is 26.3 Å². The molecule has 0 spiro atoms. The van der Waals surface area contributed by atoms with Crippen molar-refractivity contribution in [2.75, 3.05) is 4.90 Å². The van der Waals surface area contributed by atoms with Gasteiger partial charge in [-0.1, -0.05) is 23.7 Å². The van der Waals surface area contributed by atoms with Crippen LogP contribution in [0.25, 0.3) is 0 Å². The Kier molecular flexibility index (Phi) is 3.15. The molecule has 0 fully saturated rings. The number of carbonyl (C=O) groups excluding carboxylic acids is 2. The van der Waals surface area contributed by atoms with E-state index in [1.807, 2.05) is 6.92 Å². The normalized spacial score (nSPS) is 13.8. The summed E-state index contributed by atoms with van der Waals surface area (Å²) in [6.45, 7) is 1.86. The number of carbonyl (C=O) groups is 2. The molecule has 0 unspecified atom stereocenters. The first kappa shape index (κ1) is 13.3. The lowest BCUT2D eigenvalue weighted by Gasteiger charge is -2.17. The van der Waals surface area contributed by atoms with Crippen LogP contribution in [0.1, 0.15) is 26.3 Å². The number of anilines is 1. The minimum atomic E-state index is -0.328. The molecular formula is C15H9BrClNO2. The number of benzene rings is 2. The highest BCUT2D eigenvalue weighted by molar-refractivity contribution is 9.10. The molecule has 20 heavy (non-hydrogen) atoms. The highest BCUT2D eigenvalue weighted by atomic mass is 79.9. The van der Waals surface area contributed by atoms with Crippen LogP contribution in [0.2, 0.25) is 5.02 Å². The highest BCUT2D eigenvalue weighted by Crippen LogP contribution is 2.36. The summed E-state index contributed by atoms with van der Waals surface area (Å²) < 4.78 is 0.661. The third-order valence-corrected chi connectivity index (χ3v) is 4.31. The number of rotatable bonds is 1. The Bertz CT molecular complexity index is 723. The summed E-state index contributed by atoms with van der Waals surface area (Å²) >= 11 is 9.49. The predicted molar refractivity (Wildman–Crippen MR) is 81.5 cm³/mol. The van der Waals surface area contributed by atoms with E-state index in [-0.39, 0.29) is 11.8 Å². The third-order valence-electron chi connectivity index (χ3n) is 3.26. The van der Waals surface area contributed by atoms with Crippen LogP contribution in [0, 0.1) is 6.92 Å². The Morgan fingerprint density at radius 2 is 1.60 bits per heavy atom. The van der Waals surface area contributed by atoms with Gasteiger partial charge in [-0.3, -0.25) is 9.59 Å². The van der Waals surface area contributed by atoms with E-state index in [0.717, 1.165) is 10.5 Å². The van der Waals surface area contributed by atoms with E-state index >= 15 is 0 Å². The minimum absolute atomic E-state index is 0.328. The number of aryl methyl sites for hydroxylation is 1. The first-order valence-corrected chi connectivity index (χ1v) is 7.11. The Morgan fingerprint density at radius 3 is 2.15 bits per heavy atom. The summed E-state index contributed by atoms with van der Waals surface area (Å²) in [5.74, 6) is -0.655. The van der Waals surface area contributed by atoms with Crippen molar-refractivity contribution in [3.05, 3.63) is 62.6 Å². The van der Waals surface area contributed by atoms with E-state index in [9.17, 15) is 9.59 Å². The molecule has 0 aromatic heterocycles. The van der Waals surface area contributed by atoms with Crippen molar-refractivity contribution in [2.45, 2.75) is 6.92 Å². The van der Waals surface area contributed by atoms with E-state index < -0.39 is 0 Å². The Hall–Kier alpha value is -1.65. The zero-order valence-corrected chi connectivity index (χ0v) is 12.8. The second-order valence-corrected chi connectivity index (χ2v) is 5.81. The van der Waals surface area contributed by atoms with Crippen molar-refractivity contribution in [3.8, 4) is 0 Å². The number of hydrogen-bond acceptors (Lipinski definition) is 2. The number of fused-ring (bicyclic) bond motifs is 1. The lowest BCUT2D eigenvalue weighted by atomic mass is 10.1. The minimum Gasteiger partial charge on any atom is -0.268 e. The molecule has 0 aliphatic carbocycles. The summed E-state index contributed by atoms with van der Waals surface area (Å²) in [6, 6.07) is 10.2. The van der Waals surface area contributed by atoms with Crippen molar-refractivity contribution in [2.24, 2.45) is 0 Å². The van der Waals surface area contributed by atoms with Crippen LogP contribution in [-0.2, 0) is 0 Å². The summed E-state index contributed by atoms with van der Waals surface area (Å²) in [4.78, 5) is 25.9. The van der Waals surface area contributed by atoms with Crippen LogP contribution in [0.3, 0.4) is 0 Å². The second kappa shape index (κ2) is 4.72. The molecule has 0 radical (unpaired) electrons. The van der Waals surface area contributed by atoms with Gasteiger partial charge >= 0.3 is 0 Å². The molecule has 3 nitrogen and oxygen atoms in total. The van der Waals surface area contributed by atoms with E-state index in [1.165, 1.54) is 0 Å². The molecular weight excluding hydrogens is 342 g/mol. The number of nitrogens with zero attached hydrogens (tertiary/aromatic N) is 1. The van der Waals surface area contributed by atoms with Crippen LogP contribution in [0.15, 0.2) is 40.9 Å². The van der Waals surface area contributed by atoms with E-state index in [1.54, 1.807) is 36.4 Å². The molecule has 2 aromatic carbocycles. The van der Waals surface area contributed by atoms with Gasteiger partial charge in [-0.25, -0.2) is 4.90 Å². The Morgan fingerprint density at radius 1 is 1.05 bits per heavy atom. The Balaban J connectivity index is 2.17. The van der Waals surface area contributed by atoms with Crippen LogP contribution in [0.4, 0.5) is 5.69 Å². The maximum atomic E-state index is 12.4. The molecule has 0 saturated heterocycles. The van der Waals surface area contributed by atoms with Gasteiger partial charge in [0, 0.05) is 9.50 Å². The average Bonchev–Trinajstić information content (AvgIpc) is 2.68. The third kappa shape index (κ3) is 1.87. The second-order valence-electron chi connectivity index (χ2n) is 4.54. The quantitative estimate of drug-likeness (QED) is 0.722. The molecule has 0 N–H and O–H groups in total. The van der Waals surface area contributed by atoms with E-state index in [4.69, 9.17) is 11.6 Å². The molecule has 1 aliphatic heterocycles. The molecule has 2 amide bonds. The standard InChI is InChI=1S/C15H9BrClNO2/c1-8-6-11(16)13(7-12(8)17)18-14(19)9-4-2-3-5-10(9)15(18)20/h2-7H,1H3. The number of hydrogen-bond donors (Lipinski definition) is 0. The molecule has 0 saturated carbocycles. The van der Waals surface area contributed by atoms with Gasteiger partial charge in [-0.2, -0.15) is 0 Å². The molecule has 0 bridgehead atoms. The number of amides is 2. The maximum absolute atomic E-state index is 12.4. The molecule has 2 aromatic rings. The van der Waals surface area contributed by atoms with Gasteiger partial charge in [0.05, 0.1) is 16.8 Å². The van der Waals surface area contributed by atoms with Crippen LogP contribution in [0.5, 0.6) is 0 Å². The van der Waals surface area contributed by atoms with Gasteiger partial charge in [0.15, 0.2) is 0 Å². The van der Waals surface area contributed by atoms with Crippen LogP contribution < -0.4 is 4.90 Å². The average molecular weight is 351 g/mol. The molecule has 3 rings (SSSR count). The van der Waals surface area contributed by atoms with E-state index in [2.05, 4.69) is 15.9 Å². The van der Waals surface area contributed by atoms with Gasteiger partial charge in [0.25, 0.3) is 11.8 Å². The fraction of sp³-hybridized carbons (Fsp3) is 0.0667. The first-order valence-electron chi connectivity index (χ1n) is 5.94. The van der Waals surface area contributed by atoms with Gasteiger partial charge in [-0.05, 0) is 52.7 Å². The lowest BCUT2D eigenvalue weighted by Crippen LogP contribution is -2.29. The van der Waals surface area contributed by atoms with Crippen LogP contribution >= 0.6 is 27.5 Å². The number of imide groups is 1. The van der Waals surface area contributed by atoms with Gasteiger partial charge in [0.1, 0.15) is 0 Å². The molecule has 1 aliphatic rings. The van der Waals surface area contributed by atoms with Crippen molar-refractivity contribution in [3.63, 3.8) is 0 Å². The van der Waals surface area contributed by atoms with Gasteiger partial charge < -0.3 is 0 Å². The fourth-order valence-electron chi connectivity index (χ4n) is 2.22. The monoisotopic (exact) mass is 349 g/mol. The zero-order valence-electron chi connectivity index (χ0n) is 10.5. The van der Waals surface area contributed by atoms with Crippen molar-refractivity contribution >= 4 is 45.0 Å². The largest absolute Gasteiger partial charge is 0.268 e. The molecule has 1 heterocycles. The highest BCUT2D eigenvalue weighted by Gasteiger charge is 2.37. The number of halogens is 2. The first-order chi connectivity index (χ1) is 9.50. The maximum Gasteiger partial charge on any atom is 0.266 e. The zero-order chi connectivity index (χ0) is 14.4. The van der Waals surface area contributed by atoms with Crippen LogP contribution in [-0.4, -0.2) is 11.8 Å². The predicted octanol–water partition coefficient (Wildman–Crippen LogP) is 4.21. The summed E-state index contributed by atoms with van der Waals surface area (Å²) in [5, 5.41) is 0.514. The molecule has 100 valence electrons. The van der Waals surface area contributed by atoms with Crippen molar-refractivity contribution in [1.29, 1.82) is 0 Å². The summed E-state index contributed by atoms with van der Waals surface area (Å²) in [5.41, 5.74) is 2.17. The molecule has 0 atom stereocenters. The van der Waals surface area contributed by atoms with Crippen molar-refractivity contribution in [1.82, 2.24) is 0 Å². The summed E-state index contributed by atoms with van der Waals surface area (Å²) in [6.07, 6.45) is 0. The fourth-order valence-corrected chi connectivity index (χ4v) is 3.01.